The molecule has 3 aromatic carbocycles. The van der Waals surface area contributed by atoms with Gasteiger partial charge >= 0.3 is 16.2 Å². The van der Waals surface area contributed by atoms with Gasteiger partial charge in [0.05, 0.1) is 18.1 Å². The summed E-state index contributed by atoms with van der Waals surface area (Å²) in [5, 5.41) is 2.40. The van der Waals surface area contributed by atoms with E-state index in [1.54, 1.807) is 18.2 Å². The Balaban J connectivity index is 1.45. The molecule has 0 saturated heterocycles. The van der Waals surface area contributed by atoms with E-state index in [4.69, 9.17) is 8.92 Å². The van der Waals surface area contributed by atoms with Crippen molar-refractivity contribution in [3.8, 4) is 11.5 Å². The van der Waals surface area contributed by atoms with Crippen LogP contribution in [0.15, 0.2) is 77.7 Å². The number of nitrogens with zero attached hydrogens (tertiary/aromatic N) is 1. The van der Waals surface area contributed by atoms with Crippen LogP contribution in [0.25, 0.3) is 11.0 Å². The molecule has 0 aliphatic heterocycles. The van der Waals surface area contributed by atoms with Gasteiger partial charge in [0.15, 0.2) is 0 Å². The Morgan fingerprint density at radius 3 is 2.44 bits per heavy atom. The second-order valence-corrected chi connectivity index (χ2v) is 8.21. The van der Waals surface area contributed by atoms with Gasteiger partial charge in [-0.1, -0.05) is 30.3 Å². The number of H-pyrrole nitrogens is 1. The predicted octanol–water partition coefficient (Wildman–Crippen LogP) is 4.09. The van der Waals surface area contributed by atoms with E-state index in [2.05, 4.69) is 20.0 Å². The number of anilines is 1. The normalized spacial score (nSPS) is 11.2. The summed E-state index contributed by atoms with van der Waals surface area (Å²) in [5.74, 6) is 0.785. The number of amides is 1. The zero-order valence-electron chi connectivity index (χ0n) is 16.9. The Morgan fingerprint density at radius 2 is 1.72 bits per heavy atom. The summed E-state index contributed by atoms with van der Waals surface area (Å²) >= 11 is 0. The monoisotopic (exact) mass is 453 g/mol. The number of rotatable bonds is 7. The molecule has 1 amide bonds. The average Bonchev–Trinajstić information content (AvgIpc) is 3.19. The van der Waals surface area contributed by atoms with Crippen molar-refractivity contribution >= 4 is 33.2 Å². The standard InChI is InChI=1S/C22H19N3O6S/c1-29-22(26)25-21-23-19-12-9-17(13-20(19)24-21)31-32(27,28)18-10-7-16(8-11-18)30-14-15-5-3-2-4-6-15/h2-13H,14H2,1H3,(H2,23,24,25,26). The molecule has 164 valence electrons. The van der Waals surface area contributed by atoms with E-state index in [1.807, 2.05) is 30.3 Å². The Hall–Kier alpha value is -4.05. The van der Waals surface area contributed by atoms with Crippen LogP contribution < -0.4 is 14.2 Å². The number of aromatic nitrogens is 2. The lowest BCUT2D eigenvalue weighted by molar-refractivity contribution is 0.186. The van der Waals surface area contributed by atoms with E-state index in [1.165, 1.54) is 31.4 Å². The van der Waals surface area contributed by atoms with E-state index in [0.717, 1.165) is 5.56 Å². The lowest BCUT2D eigenvalue weighted by Crippen LogP contribution is -2.11. The first-order valence-electron chi connectivity index (χ1n) is 9.49. The number of carbonyl (C=O) groups is 1. The number of ether oxygens (including phenoxy) is 2. The van der Waals surface area contributed by atoms with Crippen molar-refractivity contribution in [2.45, 2.75) is 11.5 Å². The summed E-state index contributed by atoms with van der Waals surface area (Å²) in [5.41, 5.74) is 2.00. The average molecular weight is 453 g/mol. The molecule has 0 fully saturated rings. The fraction of sp³-hybridized carbons (Fsp3) is 0.0909. The van der Waals surface area contributed by atoms with Gasteiger partial charge in [-0.05, 0) is 42.0 Å². The van der Waals surface area contributed by atoms with Crippen LogP contribution in [-0.2, 0) is 21.5 Å². The molecule has 0 unspecified atom stereocenters. The van der Waals surface area contributed by atoms with Gasteiger partial charge in [0, 0.05) is 6.07 Å². The van der Waals surface area contributed by atoms with Crippen LogP contribution in [0.1, 0.15) is 5.56 Å². The highest BCUT2D eigenvalue weighted by molar-refractivity contribution is 7.87. The molecule has 0 aliphatic carbocycles. The minimum Gasteiger partial charge on any atom is -0.489 e. The molecule has 4 rings (SSSR count). The van der Waals surface area contributed by atoms with Gasteiger partial charge in [-0.3, -0.25) is 5.32 Å². The Labute approximate surface area is 184 Å². The molecule has 0 saturated carbocycles. The Morgan fingerprint density at radius 1 is 1.00 bits per heavy atom. The number of hydrogen-bond acceptors (Lipinski definition) is 7. The minimum absolute atomic E-state index is 0.0141. The van der Waals surface area contributed by atoms with Crippen molar-refractivity contribution in [3.05, 3.63) is 78.4 Å². The Bertz CT molecular complexity index is 1340. The highest BCUT2D eigenvalue weighted by Crippen LogP contribution is 2.25. The molecule has 9 nitrogen and oxygen atoms in total. The Kier molecular flexibility index (Phi) is 5.95. The van der Waals surface area contributed by atoms with Gasteiger partial charge in [-0.15, -0.1) is 0 Å². The minimum atomic E-state index is -4.07. The van der Waals surface area contributed by atoms with Gasteiger partial charge in [0.25, 0.3) is 0 Å². The SMILES string of the molecule is COC(=O)Nc1nc2cc(OS(=O)(=O)c3ccc(OCc4ccccc4)cc3)ccc2[nH]1. The summed E-state index contributed by atoms with van der Waals surface area (Å²) in [6.07, 6.45) is -0.681. The first-order valence-corrected chi connectivity index (χ1v) is 10.9. The van der Waals surface area contributed by atoms with Crippen molar-refractivity contribution in [1.82, 2.24) is 9.97 Å². The van der Waals surface area contributed by atoms with Crippen LogP contribution in [0.5, 0.6) is 11.5 Å². The summed E-state index contributed by atoms with van der Waals surface area (Å²) in [6.45, 7) is 0.375. The molecular formula is C22H19N3O6S. The lowest BCUT2D eigenvalue weighted by atomic mass is 10.2. The van der Waals surface area contributed by atoms with E-state index < -0.39 is 16.2 Å². The second-order valence-electron chi connectivity index (χ2n) is 6.66. The van der Waals surface area contributed by atoms with Crippen molar-refractivity contribution in [1.29, 1.82) is 0 Å². The zero-order chi connectivity index (χ0) is 22.6. The van der Waals surface area contributed by atoms with Gasteiger partial charge < -0.3 is 18.6 Å². The third-order valence-electron chi connectivity index (χ3n) is 4.43. The molecule has 0 bridgehead atoms. The molecule has 1 heterocycles. The van der Waals surface area contributed by atoms with Crippen LogP contribution in [0.3, 0.4) is 0 Å². The number of nitrogens with one attached hydrogen (secondary N) is 2. The lowest BCUT2D eigenvalue weighted by Gasteiger charge is -2.09. The number of methoxy groups -OCH3 is 1. The van der Waals surface area contributed by atoms with E-state index >= 15 is 0 Å². The molecule has 10 heteroatoms. The second kappa shape index (κ2) is 8.98. The van der Waals surface area contributed by atoms with Crippen molar-refractivity contribution < 1.29 is 26.9 Å². The maximum atomic E-state index is 12.7. The molecule has 32 heavy (non-hydrogen) atoms. The molecule has 4 aromatic rings. The first kappa shape index (κ1) is 21.2. The molecular weight excluding hydrogens is 434 g/mol. The van der Waals surface area contributed by atoms with Crippen molar-refractivity contribution in [2.75, 3.05) is 12.4 Å². The quantitative estimate of drug-likeness (QED) is 0.405. The van der Waals surface area contributed by atoms with Crippen LogP contribution >= 0.6 is 0 Å². The maximum absolute atomic E-state index is 12.7. The zero-order valence-corrected chi connectivity index (χ0v) is 17.8. The van der Waals surface area contributed by atoms with Gasteiger partial charge in [-0.2, -0.15) is 8.42 Å². The third-order valence-corrected chi connectivity index (χ3v) is 5.69. The van der Waals surface area contributed by atoms with E-state index in [9.17, 15) is 13.2 Å². The third kappa shape index (κ3) is 4.98. The van der Waals surface area contributed by atoms with Crippen molar-refractivity contribution in [2.24, 2.45) is 0 Å². The van der Waals surface area contributed by atoms with Crippen LogP contribution in [0.2, 0.25) is 0 Å². The fourth-order valence-corrected chi connectivity index (χ4v) is 3.79. The van der Waals surface area contributed by atoms with Crippen molar-refractivity contribution in [3.63, 3.8) is 0 Å². The molecule has 1 aromatic heterocycles. The molecule has 2 N–H and O–H groups in total. The topological polar surface area (TPSA) is 120 Å². The summed E-state index contributed by atoms with van der Waals surface area (Å²) in [6, 6.07) is 20.1. The highest BCUT2D eigenvalue weighted by Gasteiger charge is 2.18. The summed E-state index contributed by atoms with van der Waals surface area (Å²) < 4.78 is 40.7. The first-order chi connectivity index (χ1) is 15.4. The number of carbonyl (C=O) groups excluding carboxylic acids is 1. The maximum Gasteiger partial charge on any atom is 0.413 e. The van der Waals surface area contributed by atoms with E-state index in [0.29, 0.717) is 23.4 Å². The number of hydrogen-bond donors (Lipinski definition) is 2. The highest BCUT2D eigenvalue weighted by atomic mass is 32.2. The van der Waals surface area contributed by atoms with Crippen LogP contribution in [0.4, 0.5) is 10.7 Å². The van der Waals surface area contributed by atoms with Crippen LogP contribution in [0, 0.1) is 0 Å². The van der Waals surface area contributed by atoms with E-state index in [-0.39, 0.29) is 16.6 Å². The number of aromatic amines is 1. The predicted molar refractivity (Wildman–Crippen MR) is 117 cm³/mol. The number of imidazole rings is 1. The fourth-order valence-electron chi connectivity index (χ4n) is 2.86. The molecule has 0 atom stereocenters. The number of benzene rings is 3. The molecule has 0 aliphatic rings. The smallest absolute Gasteiger partial charge is 0.413 e. The summed E-state index contributed by atoms with van der Waals surface area (Å²) in [4.78, 5) is 18.3. The molecule has 0 spiro atoms. The van der Waals surface area contributed by atoms with Gasteiger partial charge in [0.2, 0.25) is 5.95 Å². The van der Waals surface area contributed by atoms with Gasteiger partial charge in [-0.25, -0.2) is 9.78 Å². The van der Waals surface area contributed by atoms with Crippen LogP contribution in [-0.4, -0.2) is 31.6 Å². The molecule has 0 radical (unpaired) electrons. The van der Waals surface area contributed by atoms with Gasteiger partial charge in [0.1, 0.15) is 23.0 Å². The summed E-state index contributed by atoms with van der Waals surface area (Å²) in [7, 11) is -2.83. The number of fused-ring (bicyclic) bond motifs is 1. The largest absolute Gasteiger partial charge is 0.489 e.